The lowest BCUT2D eigenvalue weighted by Crippen LogP contribution is -2.31. The van der Waals surface area contributed by atoms with E-state index in [0.717, 1.165) is 11.1 Å². The predicted molar refractivity (Wildman–Crippen MR) is 108 cm³/mol. The number of carbonyl (C=O) groups excluding carboxylic acids is 1. The Hall–Kier alpha value is -3.33. The number of nitrogens with zero attached hydrogens (tertiary/aromatic N) is 1. The van der Waals surface area contributed by atoms with Crippen molar-refractivity contribution in [3.05, 3.63) is 75.3 Å². The molecule has 1 atom stereocenters. The average Bonchev–Trinajstić information content (AvgIpc) is 3.19. The van der Waals surface area contributed by atoms with Gasteiger partial charge in [-0.2, -0.15) is 0 Å². The molecule has 3 aromatic rings. The van der Waals surface area contributed by atoms with Crippen LogP contribution in [0.5, 0.6) is 11.5 Å². The van der Waals surface area contributed by atoms with Crippen LogP contribution in [0.2, 0.25) is 0 Å². The molecule has 3 heterocycles. The maximum atomic E-state index is 13.4. The summed E-state index contributed by atoms with van der Waals surface area (Å²) in [5.41, 5.74) is 1.64. The molecule has 0 radical (unpaired) electrons. The number of rotatable bonds is 4. The molecule has 2 aliphatic heterocycles. The summed E-state index contributed by atoms with van der Waals surface area (Å²) < 4.78 is 24.1. The molecule has 0 bridgehead atoms. The van der Waals surface area contributed by atoms with E-state index in [1.807, 2.05) is 6.07 Å². The highest BCUT2D eigenvalue weighted by Gasteiger charge is 2.32. The number of aromatic amines is 1. The third kappa shape index (κ3) is 3.52. The van der Waals surface area contributed by atoms with Gasteiger partial charge in [0, 0.05) is 18.1 Å². The molecular formula is C21H16FN3O4S. The highest BCUT2D eigenvalue weighted by Crippen LogP contribution is 2.40. The number of ether oxygens (including phenoxy) is 2. The van der Waals surface area contributed by atoms with Crippen molar-refractivity contribution in [1.29, 1.82) is 0 Å². The average molecular weight is 425 g/mol. The van der Waals surface area contributed by atoms with Crippen LogP contribution in [-0.2, 0) is 10.5 Å². The Morgan fingerprint density at radius 2 is 2.00 bits per heavy atom. The lowest BCUT2D eigenvalue weighted by Gasteiger charge is -2.24. The van der Waals surface area contributed by atoms with Gasteiger partial charge in [0.05, 0.1) is 5.56 Å². The monoisotopic (exact) mass is 425 g/mol. The van der Waals surface area contributed by atoms with Gasteiger partial charge in [-0.15, -0.1) is 0 Å². The SMILES string of the molecule is O=C1C[C@@H](c2ccc3c(c2)OCO3)c2c(nc(SCc3cccc(F)c3)[nH]c2=O)N1. The number of fused-ring (bicyclic) bond motifs is 2. The van der Waals surface area contributed by atoms with Crippen LogP contribution >= 0.6 is 11.8 Å². The zero-order valence-corrected chi connectivity index (χ0v) is 16.4. The molecule has 2 aromatic carbocycles. The maximum Gasteiger partial charge on any atom is 0.257 e. The molecule has 0 saturated carbocycles. The van der Waals surface area contributed by atoms with Crippen molar-refractivity contribution in [1.82, 2.24) is 9.97 Å². The van der Waals surface area contributed by atoms with Crippen LogP contribution in [0.15, 0.2) is 52.4 Å². The van der Waals surface area contributed by atoms with Crippen molar-refractivity contribution in [2.45, 2.75) is 23.2 Å². The Labute approximate surface area is 174 Å². The van der Waals surface area contributed by atoms with Gasteiger partial charge in [0.15, 0.2) is 16.7 Å². The lowest BCUT2D eigenvalue weighted by molar-refractivity contribution is -0.116. The smallest absolute Gasteiger partial charge is 0.257 e. The van der Waals surface area contributed by atoms with Gasteiger partial charge in [-0.1, -0.05) is 30.0 Å². The van der Waals surface area contributed by atoms with Gasteiger partial charge in [0.1, 0.15) is 11.6 Å². The fourth-order valence-electron chi connectivity index (χ4n) is 3.61. The molecule has 2 aliphatic rings. The number of benzene rings is 2. The number of thioether (sulfide) groups is 1. The van der Waals surface area contributed by atoms with Gasteiger partial charge < -0.3 is 19.8 Å². The number of hydrogen-bond acceptors (Lipinski definition) is 6. The molecule has 9 heteroatoms. The second-order valence-electron chi connectivity index (χ2n) is 6.97. The zero-order chi connectivity index (χ0) is 20.7. The first-order valence-corrected chi connectivity index (χ1v) is 10.3. The summed E-state index contributed by atoms with van der Waals surface area (Å²) in [6, 6.07) is 11.6. The van der Waals surface area contributed by atoms with Crippen molar-refractivity contribution in [3.8, 4) is 11.5 Å². The second kappa shape index (κ2) is 7.49. The number of carbonyl (C=O) groups is 1. The molecule has 7 nitrogen and oxygen atoms in total. The third-order valence-corrected chi connectivity index (χ3v) is 5.94. The number of halogens is 1. The Balaban J connectivity index is 1.46. The molecule has 0 aliphatic carbocycles. The number of hydrogen-bond donors (Lipinski definition) is 2. The first-order valence-electron chi connectivity index (χ1n) is 9.27. The summed E-state index contributed by atoms with van der Waals surface area (Å²) >= 11 is 1.26. The molecule has 0 saturated heterocycles. The predicted octanol–water partition coefficient (Wildman–Crippen LogP) is 3.40. The van der Waals surface area contributed by atoms with Crippen LogP contribution in [0.4, 0.5) is 10.2 Å². The van der Waals surface area contributed by atoms with E-state index in [1.54, 1.807) is 24.3 Å². The van der Waals surface area contributed by atoms with Crippen molar-refractivity contribution in [2.24, 2.45) is 0 Å². The molecule has 152 valence electrons. The minimum Gasteiger partial charge on any atom is -0.454 e. The molecule has 2 N–H and O–H groups in total. The van der Waals surface area contributed by atoms with E-state index in [0.29, 0.717) is 28.0 Å². The Morgan fingerprint density at radius 3 is 2.87 bits per heavy atom. The van der Waals surface area contributed by atoms with Crippen LogP contribution in [0.25, 0.3) is 0 Å². The Bertz CT molecular complexity index is 1210. The summed E-state index contributed by atoms with van der Waals surface area (Å²) in [7, 11) is 0. The fraction of sp³-hybridized carbons (Fsp3) is 0.190. The van der Waals surface area contributed by atoms with Gasteiger partial charge in [-0.3, -0.25) is 9.59 Å². The fourth-order valence-corrected chi connectivity index (χ4v) is 4.42. The molecular weight excluding hydrogens is 409 g/mol. The summed E-state index contributed by atoms with van der Waals surface area (Å²) in [6.45, 7) is 0.147. The summed E-state index contributed by atoms with van der Waals surface area (Å²) in [5, 5.41) is 3.06. The quantitative estimate of drug-likeness (QED) is 0.492. The van der Waals surface area contributed by atoms with E-state index >= 15 is 0 Å². The summed E-state index contributed by atoms with van der Waals surface area (Å²) in [5.74, 6) is 0.922. The van der Waals surface area contributed by atoms with E-state index in [9.17, 15) is 14.0 Å². The first-order chi connectivity index (χ1) is 14.6. The van der Waals surface area contributed by atoms with Crippen LogP contribution < -0.4 is 20.3 Å². The Kier molecular flexibility index (Phi) is 4.66. The first kappa shape index (κ1) is 18.7. The highest BCUT2D eigenvalue weighted by atomic mass is 32.2. The van der Waals surface area contributed by atoms with Crippen molar-refractivity contribution in [2.75, 3.05) is 12.1 Å². The van der Waals surface area contributed by atoms with Crippen LogP contribution in [0.1, 0.15) is 29.0 Å². The maximum absolute atomic E-state index is 13.4. The topological polar surface area (TPSA) is 93.3 Å². The standard InChI is InChI=1S/C21H16FN3O4S/c22-13-3-1-2-11(6-13)9-30-21-24-19-18(20(27)25-21)14(8-17(26)23-19)12-4-5-15-16(7-12)29-10-28-15/h1-7,14H,8-10H2,(H2,23,24,25,26,27)/t14-/m0/s1. The zero-order valence-electron chi connectivity index (χ0n) is 15.6. The van der Waals surface area contributed by atoms with E-state index in [-0.39, 0.29) is 36.3 Å². The van der Waals surface area contributed by atoms with Crippen molar-refractivity contribution in [3.63, 3.8) is 0 Å². The number of anilines is 1. The Morgan fingerprint density at radius 1 is 1.13 bits per heavy atom. The normalized spacial score (nSPS) is 16.8. The highest BCUT2D eigenvalue weighted by molar-refractivity contribution is 7.98. The number of aromatic nitrogens is 2. The summed E-state index contributed by atoms with van der Waals surface area (Å²) in [6.07, 6.45) is 0.132. The van der Waals surface area contributed by atoms with E-state index in [1.165, 1.54) is 23.9 Å². The van der Waals surface area contributed by atoms with E-state index < -0.39 is 5.92 Å². The van der Waals surface area contributed by atoms with Crippen LogP contribution in [-0.4, -0.2) is 22.7 Å². The van der Waals surface area contributed by atoms with Gasteiger partial charge >= 0.3 is 0 Å². The molecule has 0 unspecified atom stereocenters. The largest absolute Gasteiger partial charge is 0.454 e. The van der Waals surface area contributed by atoms with Gasteiger partial charge in [0.25, 0.3) is 5.56 Å². The number of nitrogens with one attached hydrogen (secondary N) is 2. The van der Waals surface area contributed by atoms with Crippen molar-refractivity contribution >= 4 is 23.5 Å². The molecule has 5 rings (SSSR count). The summed E-state index contributed by atoms with van der Waals surface area (Å²) in [4.78, 5) is 32.4. The van der Waals surface area contributed by atoms with Gasteiger partial charge in [-0.25, -0.2) is 9.37 Å². The van der Waals surface area contributed by atoms with Gasteiger partial charge in [0.2, 0.25) is 12.7 Å². The molecule has 1 amide bonds. The molecule has 0 spiro atoms. The van der Waals surface area contributed by atoms with Gasteiger partial charge in [-0.05, 0) is 35.4 Å². The molecule has 0 fully saturated rings. The van der Waals surface area contributed by atoms with Crippen molar-refractivity contribution < 1.29 is 18.7 Å². The lowest BCUT2D eigenvalue weighted by atomic mass is 9.86. The second-order valence-corrected chi connectivity index (χ2v) is 7.93. The molecule has 30 heavy (non-hydrogen) atoms. The molecule has 1 aromatic heterocycles. The third-order valence-electron chi connectivity index (χ3n) is 4.99. The van der Waals surface area contributed by atoms with E-state index in [4.69, 9.17) is 9.47 Å². The van der Waals surface area contributed by atoms with Crippen LogP contribution in [0, 0.1) is 5.82 Å². The number of amides is 1. The van der Waals surface area contributed by atoms with Crippen LogP contribution in [0.3, 0.4) is 0 Å². The minimum absolute atomic E-state index is 0.132. The minimum atomic E-state index is -0.443. The van der Waals surface area contributed by atoms with E-state index in [2.05, 4.69) is 15.3 Å². The number of H-pyrrole nitrogens is 1.